The minimum atomic E-state index is 0.339. The standard InChI is InChI=1S/C15H22N2O2/c1-4-5-6-14(16-18)15(17-19)13-9-7-12(8-10-13)11(2)3/h7-11,18-19H,4-6H2,1-3H3. The molecule has 0 radical (unpaired) electrons. The van der Waals surface area contributed by atoms with Gasteiger partial charge in [0.2, 0.25) is 0 Å². The number of rotatable bonds is 6. The van der Waals surface area contributed by atoms with Crippen molar-refractivity contribution in [1.29, 1.82) is 0 Å². The van der Waals surface area contributed by atoms with Crippen LogP contribution in [0, 0.1) is 0 Å². The van der Waals surface area contributed by atoms with Gasteiger partial charge in [0, 0.05) is 5.56 Å². The van der Waals surface area contributed by atoms with Crippen molar-refractivity contribution in [3.63, 3.8) is 0 Å². The first kappa shape index (κ1) is 15.2. The van der Waals surface area contributed by atoms with Gasteiger partial charge in [-0.1, -0.05) is 61.8 Å². The molecular formula is C15H22N2O2. The number of hydrogen-bond donors (Lipinski definition) is 2. The highest BCUT2D eigenvalue weighted by Crippen LogP contribution is 2.16. The van der Waals surface area contributed by atoms with E-state index in [4.69, 9.17) is 10.4 Å². The first-order chi connectivity index (χ1) is 9.13. The Morgan fingerprint density at radius 3 is 2.16 bits per heavy atom. The van der Waals surface area contributed by atoms with Crippen molar-refractivity contribution in [3.8, 4) is 0 Å². The fraction of sp³-hybridized carbons (Fsp3) is 0.467. The Kier molecular flexibility index (Phi) is 6.06. The highest BCUT2D eigenvalue weighted by atomic mass is 16.4. The van der Waals surface area contributed by atoms with Gasteiger partial charge >= 0.3 is 0 Å². The third-order valence-electron chi connectivity index (χ3n) is 3.11. The molecule has 0 aliphatic carbocycles. The van der Waals surface area contributed by atoms with Gasteiger partial charge in [0.05, 0.1) is 0 Å². The van der Waals surface area contributed by atoms with Crippen molar-refractivity contribution < 1.29 is 10.4 Å². The average molecular weight is 262 g/mol. The first-order valence-electron chi connectivity index (χ1n) is 6.67. The summed E-state index contributed by atoms with van der Waals surface area (Å²) in [6.45, 7) is 6.30. The second-order valence-electron chi connectivity index (χ2n) is 4.88. The largest absolute Gasteiger partial charge is 0.411 e. The molecule has 4 nitrogen and oxygen atoms in total. The molecule has 4 heteroatoms. The Hall–Kier alpha value is -1.84. The molecule has 0 aliphatic heterocycles. The summed E-state index contributed by atoms with van der Waals surface area (Å²) in [6, 6.07) is 7.78. The highest BCUT2D eigenvalue weighted by Gasteiger charge is 2.13. The molecule has 2 N–H and O–H groups in total. The third-order valence-corrected chi connectivity index (χ3v) is 3.11. The van der Waals surface area contributed by atoms with E-state index in [0.717, 1.165) is 18.4 Å². The monoisotopic (exact) mass is 262 g/mol. The molecule has 0 unspecified atom stereocenters. The molecule has 0 heterocycles. The summed E-state index contributed by atoms with van der Waals surface area (Å²) < 4.78 is 0. The van der Waals surface area contributed by atoms with Gasteiger partial charge in [-0.2, -0.15) is 0 Å². The predicted octanol–water partition coefficient (Wildman–Crippen LogP) is 4.01. The Morgan fingerprint density at radius 2 is 1.74 bits per heavy atom. The molecule has 0 spiro atoms. The van der Waals surface area contributed by atoms with Gasteiger partial charge in [0.1, 0.15) is 11.4 Å². The molecule has 1 rings (SSSR count). The SMILES string of the molecule is CCCCC(=NO)C(=NO)c1ccc(C(C)C)cc1. The van der Waals surface area contributed by atoms with Crippen molar-refractivity contribution >= 4 is 11.4 Å². The smallest absolute Gasteiger partial charge is 0.134 e. The summed E-state index contributed by atoms with van der Waals surface area (Å²) in [6.07, 6.45) is 2.48. The number of hydrogen-bond acceptors (Lipinski definition) is 4. The van der Waals surface area contributed by atoms with Crippen LogP contribution in [0.1, 0.15) is 57.1 Å². The average Bonchev–Trinajstić information content (AvgIpc) is 2.43. The van der Waals surface area contributed by atoms with Crippen LogP contribution in [-0.4, -0.2) is 21.8 Å². The number of benzene rings is 1. The van der Waals surface area contributed by atoms with E-state index >= 15 is 0 Å². The lowest BCUT2D eigenvalue weighted by atomic mass is 9.97. The summed E-state index contributed by atoms with van der Waals surface area (Å²) in [5, 5.41) is 24.7. The van der Waals surface area contributed by atoms with Gasteiger partial charge in [-0.05, 0) is 24.3 Å². The van der Waals surface area contributed by atoms with Crippen molar-refractivity contribution in [2.45, 2.75) is 46.0 Å². The zero-order valence-corrected chi connectivity index (χ0v) is 11.8. The lowest BCUT2D eigenvalue weighted by Gasteiger charge is -2.09. The zero-order valence-electron chi connectivity index (χ0n) is 11.8. The molecule has 0 fully saturated rings. The fourth-order valence-corrected chi connectivity index (χ4v) is 1.87. The van der Waals surface area contributed by atoms with E-state index in [9.17, 15) is 0 Å². The van der Waals surface area contributed by atoms with Gasteiger partial charge in [-0.15, -0.1) is 0 Å². The van der Waals surface area contributed by atoms with Crippen molar-refractivity contribution in [2.24, 2.45) is 10.3 Å². The van der Waals surface area contributed by atoms with Crippen LogP contribution in [0.4, 0.5) is 0 Å². The third kappa shape index (κ3) is 4.09. The topological polar surface area (TPSA) is 65.2 Å². The number of nitrogens with zero attached hydrogens (tertiary/aromatic N) is 2. The molecule has 0 bridgehead atoms. The van der Waals surface area contributed by atoms with E-state index in [1.165, 1.54) is 5.56 Å². The van der Waals surface area contributed by atoms with Gasteiger partial charge < -0.3 is 10.4 Å². The van der Waals surface area contributed by atoms with Gasteiger partial charge in [0.25, 0.3) is 0 Å². The molecule has 0 aromatic heterocycles. The zero-order chi connectivity index (χ0) is 14.3. The molecule has 0 amide bonds. The molecular weight excluding hydrogens is 240 g/mol. The van der Waals surface area contributed by atoms with Gasteiger partial charge in [-0.3, -0.25) is 0 Å². The number of unbranched alkanes of at least 4 members (excludes halogenated alkanes) is 1. The normalized spacial score (nSPS) is 13.1. The van der Waals surface area contributed by atoms with Crippen molar-refractivity contribution in [2.75, 3.05) is 0 Å². The van der Waals surface area contributed by atoms with E-state index in [2.05, 4.69) is 31.1 Å². The van der Waals surface area contributed by atoms with Gasteiger partial charge in [0.15, 0.2) is 0 Å². The van der Waals surface area contributed by atoms with Crippen LogP contribution in [0.25, 0.3) is 0 Å². The summed E-state index contributed by atoms with van der Waals surface area (Å²) in [4.78, 5) is 0. The minimum Gasteiger partial charge on any atom is -0.411 e. The van der Waals surface area contributed by atoms with E-state index in [0.29, 0.717) is 23.8 Å². The van der Waals surface area contributed by atoms with Crippen molar-refractivity contribution in [1.82, 2.24) is 0 Å². The molecule has 104 valence electrons. The van der Waals surface area contributed by atoms with Crippen LogP contribution < -0.4 is 0 Å². The maximum absolute atomic E-state index is 9.15. The molecule has 1 aromatic rings. The lowest BCUT2D eigenvalue weighted by Crippen LogP contribution is -2.16. The summed E-state index contributed by atoms with van der Waals surface area (Å²) in [5.41, 5.74) is 2.74. The second kappa shape index (κ2) is 7.56. The van der Waals surface area contributed by atoms with E-state index in [1.54, 1.807) is 0 Å². The molecule has 0 saturated carbocycles. The van der Waals surface area contributed by atoms with Crippen LogP contribution in [-0.2, 0) is 0 Å². The highest BCUT2D eigenvalue weighted by molar-refractivity contribution is 6.48. The van der Waals surface area contributed by atoms with Crippen LogP contribution in [0.15, 0.2) is 34.6 Å². The van der Waals surface area contributed by atoms with E-state index in [-0.39, 0.29) is 0 Å². The van der Waals surface area contributed by atoms with Crippen molar-refractivity contribution in [3.05, 3.63) is 35.4 Å². The molecule has 0 saturated heterocycles. The van der Waals surface area contributed by atoms with Crippen LogP contribution in [0.5, 0.6) is 0 Å². The van der Waals surface area contributed by atoms with Crippen LogP contribution in [0.2, 0.25) is 0 Å². The van der Waals surface area contributed by atoms with Gasteiger partial charge in [-0.25, -0.2) is 0 Å². The molecule has 0 aliphatic rings. The Labute approximate surface area is 114 Å². The predicted molar refractivity (Wildman–Crippen MR) is 77.6 cm³/mol. The Morgan fingerprint density at radius 1 is 1.11 bits per heavy atom. The minimum absolute atomic E-state index is 0.339. The molecule has 19 heavy (non-hydrogen) atoms. The fourth-order valence-electron chi connectivity index (χ4n) is 1.87. The summed E-state index contributed by atoms with van der Waals surface area (Å²) in [7, 11) is 0. The summed E-state index contributed by atoms with van der Waals surface area (Å²) in [5.74, 6) is 0.453. The quantitative estimate of drug-likeness (QED) is 0.462. The van der Waals surface area contributed by atoms with Crippen LogP contribution >= 0.6 is 0 Å². The molecule has 0 atom stereocenters. The summed E-state index contributed by atoms with van der Waals surface area (Å²) >= 11 is 0. The number of oxime groups is 2. The maximum Gasteiger partial charge on any atom is 0.134 e. The second-order valence-corrected chi connectivity index (χ2v) is 4.88. The first-order valence-corrected chi connectivity index (χ1v) is 6.67. The van der Waals surface area contributed by atoms with E-state index < -0.39 is 0 Å². The lowest BCUT2D eigenvalue weighted by molar-refractivity contribution is 0.313. The van der Waals surface area contributed by atoms with E-state index in [1.807, 2.05) is 24.3 Å². The Bertz CT molecular complexity index is 448. The molecule has 1 aromatic carbocycles. The maximum atomic E-state index is 9.15. The van der Waals surface area contributed by atoms with Crippen LogP contribution in [0.3, 0.4) is 0 Å². The Balaban J connectivity index is 2.97.